The van der Waals surface area contributed by atoms with Crippen molar-refractivity contribution in [1.82, 2.24) is 0 Å². The zero-order chi connectivity index (χ0) is 21.2. The Labute approximate surface area is 174 Å². The second kappa shape index (κ2) is 7.96. The van der Waals surface area contributed by atoms with Crippen molar-refractivity contribution in [1.29, 1.82) is 0 Å². The fourth-order valence-electron chi connectivity index (χ4n) is 2.59. The standard InChI is InChI=1S/C21H21NO5S2/c1-21(2,3)14-9-10-18(17(13-14)27-15-7-5-4-6-8-15)29(25,26)22-16-11-12-28-19(16)20(23)24/h4-13,23-24H,1-3H3/p-2/b22-16+. The van der Waals surface area contributed by atoms with Crippen LogP contribution in [0.3, 0.4) is 0 Å². The molecule has 0 saturated heterocycles. The highest BCUT2D eigenvalue weighted by Gasteiger charge is 2.25. The Morgan fingerprint density at radius 2 is 1.76 bits per heavy atom. The van der Waals surface area contributed by atoms with E-state index in [0.717, 1.165) is 17.3 Å². The zero-order valence-corrected chi connectivity index (χ0v) is 17.7. The van der Waals surface area contributed by atoms with Crippen molar-refractivity contribution in [2.75, 3.05) is 0 Å². The van der Waals surface area contributed by atoms with Crippen molar-refractivity contribution in [3.05, 3.63) is 76.4 Å². The lowest BCUT2D eigenvalue weighted by molar-refractivity contribution is -0.513. The molecule has 0 aromatic heterocycles. The van der Waals surface area contributed by atoms with Gasteiger partial charge in [0.25, 0.3) is 10.0 Å². The van der Waals surface area contributed by atoms with Crippen molar-refractivity contribution >= 4 is 27.5 Å². The number of hydrogen-bond donors (Lipinski definition) is 0. The van der Waals surface area contributed by atoms with Crippen LogP contribution in [0, 0.1) is 0 Å². The van der Waals surface area contributed by atoms with Gasteiger partial charge in [-0.2, -0.15) is 18.8 Å². The summed E-state index contributed by atoms with van der Waals surface area (Å²) >= 11 is 0.855. The van der Waals surface area contributed by atoms with E-state index < -0.39 is 16.0 Å². The molecule has 0 atom stereocenters. The first-order chi connectivity index (χ1) is 13.6. The van der Waals surface area contributed by atoms with Crippen LogP contribution >= 0.6 is 11.8 Å². The number of sulfonamides is 1. The molecule has 1 aliphatic rings. The molecule has 2 aromatic rings. The summed E-state index contributed by atoms with van der Waals surface area (Å²) in [5.41, 5.74) is 0.484. The second-order valence-corrected chi connectivity index (χ2v) is 9.80. The molecule has 3 rings (SSSR count). The Hall–Kier alpha value is -2.71. The molecule has 0 bridgehead atoms. The number of benzene rings is 2. The summed E-state index contributed by atoms with van der Waals surface area (Å²) in [5.74, 6) is -0.878. The minimum absolute atomic E-state index is 0.123. The molecule has 152 valence electrons. The molecule has 0 spiro atoms. The average Bonchev–Trinajstić information content (AvgIpc) is 3.09. The van der Waals surface area contributed by atoms with Gasteiger partial charge in [0.15, 0.2) is 0 Å². The van der Waals surface area contributed by atoms with Gasteiger partial charge in [0.1, 0.15) is 16.4 Å². The second-order valence-electron chi connectivity index (χ2n) is 7.32. The van der Waals surface area contributed by atoms with Crippen molar-refractivity contribution in [2.45, 2.75) is 31.1 Å². The summed E-state index contributed by atoms with van der Waals surface area (Å²) in [6.07, 6.45) is 1.33. The molecule has 29 heavy (non-hydrogen) atoms. The van der Waals surface area contributed by atoms with Crippen LogP contribution in [0.15, 0.2) is 80.2 Å². The predicted octanol–water partition coefficient (Wildman–Crippen LogP) is 3.06. The van der Waals surface area contributed by atoms with Gasteiger partial charge in [-0.15, -0.1) is 0 Å². The van der Waals surface area contributed by atoms with E-state index in [1.54, 1.807) is 36.4 Å². The van der Waals surface area contributed by atoms with Crippen LogP contribution in [-0.2, 0) is 15.4 Å². The van der Waals surface area contributed by atoms with E-state index in [1.165, 1.54) is 17.6 Å². The van der Waals surface area contributed by atoms with Gasteiger partial charge >= 0.3 is 0 Å². The first kappa shape index (κ1) is 21.0. The van der Waals surface area contributed by atoms with Crippen LogP contribution in [0.1, 0.15) is 26.3 Å². The molecule has 0 saturated carbocycles. The highest BCUT2D eigenvalue weighted by Crippen LogP contribution is 2.36. The van der Waals surface area contributed by atoms with Crippen LogP contribution in [0.2, 0.25) is 0 Å². The Morgan fingerprint density at radius 1 is 1.07 bits per heavy atom. The lowest BCUT2D eigenvalue weighted by Gasteiger charge is -2.22. The van der Waals surface area contributed by atoms with E-state index in [0.29, 0.717) is 5.75 Å². The van der Waals surface area contributed by atoms with Gasteiger partial charge in [0.05, 0.1) is 5.71 Å². The number of thioether (sulfide) groups is 1. The highest BCUT2D eigenvalue weighted by atomic mass is 32.2. The van der Waals surface area contributed by atoms with Crippen LogP contribution in [0.5, 0.6) is 11.5 Å². The summed E-state index contributed by atoms with van der Waals surface area (Å²) in [7, 11) is -4.24. The molecule has 0 radical (unpaired) electrons. The third-order valence-corrected chi connectivity index (χ3v) is 6.32. The first-order valence-electron chi connectivity index (χ1n) is 8.72. The molecular formula is C21H19NO5S2-2. The van der Waals surface area contributed by atoms with E-state index in [9.17, 15) is 18.6 Å². The summed E-state index contributed by atoms with van der Waals surface area (Å²) in [5, 5.41) is 23.8. The quantitative estimate of drug-likeness (QED) is 0.692. The minimum atomic E-state index is -4.24. The van der Waals surface area contributed by atoms with E-state index in [4.69, 9.17) is 4.74 Å². The Balaban J connectivity index is 2.12. The van der Waals surface area contributed by atoms with Gasteiger partial charge in [0.2, 0.25) is 0 Å². The summed E-state index contributed by atoms with van der Waals surface area (Å²) < 4.78 is 35.6. The predicted molar refractivity (Wildman–Crippen MR) is 110 cm³/mol. The monoisotopic (exact) mass is 429 g/mol. The molecule has 0 fully saturated rings. The van der Waals surface area contributed by atoms with Crippen molar-refractivity contribution in [3.63, 3.8) is 0 Å². The van der Waals surface area contributed by atoms with Crippen LogP contribution in [-0.4, -0.2) is 14.1 Å². The van der Waals surface area contributed by atoms with Gasteiger partial charge in [-0.3, -0.25) is 0 Å². The topological polar surface area (TPSA) is 102 Å². The molecule has 8 heteroatoms. The van der Waals surface area contributed by atoms with Gasteiger partial charge in [-0.05, 0) is 46.7 Å². The largest absolute Gasteiger partial charge is 0.883 e. The molecule has 0 N–H and O–H groups in total. The maximum atomic E-state index is 13.0. The van der Waals surface area contributed by atoms with E-state index in [-0.39, 0.29) is 26.7 Å². The third-order valence-electron chi connectivity index (χ3n) is 4.11. The third kappa shape index (κ3) is 4.83. The van der Waals surface area contributed by atoms with E-state index in [2.05, 4.69) is 4.40 Å². The van der Waals surface area contributed by atoms with Crippen molar-refractivity contribution in [2.24, 2.45) is 4.40 Å². The number of rotatable bonds is 4. The van der Waals surface area contributed by atoms with Gasteiger partial charge in [0, 0.05) is 4.91 Å². The van der Waals surface area contributed by atoms with Gasteiger partial charge in [-0.1, -0.05) is 56.8 Å². The smallest absolute Gasteiger partial charge is 0.286 e. The Kier molecular flexibility index (Phi) is 5.77. The molecular weight excluding hydrogens is 410 g/mol. The van der Waals surface area contributed by atoms with Gasteiger partial charge < -0.3 is 14.9 Å². The highest BCUT2D eigenvalue weighted by molar-refractivity contribution is 8.07. The summed E-state index contributed by atoms with van der Waals surface area (Å²) in [4.78, 5) is -0.393. The number of ether oxygens (including phenoxy) is 1. The molecule has 0 amide bonds. The SMILES string of the molecule is CC(C)(C)c1ccc(S(=O)(=O)/N=C2\C=CSC2=C([O-])[O-])c(Oc2ccccc2)c1. The number of nitrogens with zero attached hydrogens (tertiary/aromatic N) is 1. The molecule has 1 aliphatic heterocycles. The number of allylic oxidation sites excluding steroid dienone is 2. The van der Waals surface area contributed by atoms with E-state index in [1.807, 2.05) is 26.8 Å². The maximum Gasteiger partial charge on any atom is 0.286 e. The fourth-order valence-corrected chi connectivity index (χ4v) is 4.41. The Bertz CT molecular complexity index is 1110. The summed E-state index contributed by atoms with van der Waals surface area (Å²) in [6, 6.07) is 13.6. The average molecular weight is 430 g/mol. The Morgan fingerprint density at radius 3 is 2.38 bits per heavy atom. The van der Waals surface area contributed by atoms with Crippen molar-refractivity contribution in [3.8, 4) is 11.5 Å². The van der Waals surface area contributed by atoms with Crippen LogP contribution in [0.4, 0.5) is 0 Å². The molecule has 1 heterocycles. The van der Waals surface area contributed by atoms with E-state index >= 15 is 0 Å². The number of hydrogen-bond acceptors (Lipinski definition) is 6. The summed E-state index contributed by atoms with van der Waals surface area (Å²) in [6.45, 7) is 6.01. The fraction of sp³-hybridized carbons (Fsp3) is 0.190. The number of para-hydroxylation sites is 1. The lowest BCUT2D eigenvalue weighted by atomic mass is 9.87. The zero-order valence-electron chi connectivity index (χ0n) is 16.1. The van der Waals surface area contributed by atoms with Gasteiger partial charge in [-0.25, -0.2) is 0 Å². The molecule has 0 aliphatic carbocycles. The minimum Gasteiger partial charge on any atom is -0.883 e. The van der Waals surface area contributed by atoms with Crippen molar-refractivity contribution < 1.29 is 23.4 Å². The normalized spacial score (nSPS) is 15.7. The van der Waals surface area contributed by atoms with Crippen LogP contribution in [0.25, 0.3) is 0 Å². The first-order valence-corrected chi connectivity index (χ1v) is 11.0. The molecule has 6 nitrogen and oxygen atoms in total. The lowest BCUT2D eigenvalue weighted by Crippen LogP contribution is -2.22. The maximum absolute atomic E-state index is 13.0. The molecule has 0 unspecified atom stereocenters. The van der Waals surface area contributed by atoms with Crippen LogP contribution < -0.4 is 14.9 Å². The molecule has 2 aromatic carbocycles.